The third-order valence-corrected chi connectivity index (χ3v) is 4.81. The van der Waals surface area contributed by atoms with Gasteiger partial charge in [-0.15, -0.1) is 0 Å². The van der Waals surface area contributed by atoms with Crippen molar-refractivity contribution in [3.8, 4) is 0 Å². The molecule has 2 aromatic carbocycles. The van der Waals surface area contributed by atoms with E-state index in [9.17, 15) is 9.59 Å². The Kier molecular flexibility index (Phi) is 6.76. The molecule has 0 N–H and O–H groups in total. The average molecular weight is 396 g/mol. The molecule has 28 heavy (non-hydrogen) atoms. The number of nitrogens with zero attached hydrogens (tertiary/aromatic N) is 1. The van der Waals surface area contributed by atoms with Crippen molar-refractivity contribution in [2.45, 2.75) is 6.42 Å². The standard InChI is InChI=1S/C24H26NO2.ClH/c1-25(2,3)18-19-14-16-24(17-15-19,22(26)20-10-6-4-7-11-20)23(27)21-12-8-5-9-13-21;/h4-16H,17-18H2,1-3H3;1H/q+1;/p-1. The van der Waals surface area contributed by atoms with Crippen molar-refractivity contribution in [1.82, 2.24) is 0 Å². The summed E-state index contributed by atoms with van der Waals surface area (Å²) in [7, 11) is 6.38. The maximum absolute atomic E-state index is 13.4. The molecule has 0 unspecified atom stereocenters. The molecule has 0 fully saturated rings. The number of hydrogen-bond acceptors (Lipinski definition) is 2. The smallest absolute Gasteiger partial charge is 0.180 e. The van der Waals surface area contributed by atoms with Gasteiger partial charge in [0.25, 0.3) is 0 Å². The van der Waals surface area contributed by atoms with Crippen LogP contribution in [0.15, 0.2) is 84.5 Å². The number of benzene rings is 2. The summed E-state index contributed by atoms with van der Waals surface area (Å²) in [6.07, 6.45) is 6.21. The molecule has 1 aliphatic carbocycles. The number of Topliss-reactive ketones (excluding diaryl/α,β-unsaturated/α-hetero) is 2. The van der Waals surface area contributed by atoms with Crippen molar-refractivity contribution in [3.63, 3.8) is 0 Å². The Labute approximate surface area is 173 Å². The van der Waals surface area contributed by atoms with Crippen LogP contribution < -0.4 is 12.4 Å². The molecule has 0 atom stereocenters. The number of quaternary nitrogens is 1. The molecule has 0 aliphatic heterocycles. The molecule has 0 saturated heterocycles. The fourth-order valence-corrected chi connectivity index (χ4v) is 3.48. The number of allylic oxidation sites excluding steroid dienone is 2. The van der Waals surface area contributed by atoms with Gasteiger partial charge in [-0.25, -0.2) is 0 Å². The third kappa shape index (κ3) is 4.67. The highest BCUT2D eigenvalue weighted by Crippen LogP contribution is 2.37. The summed E-state index contributed by atoms with van der Waals surface area (Å²) in [4.78, 5) is 26.8. The van der Waals surface area contributed by atoms with Gasteiger partial charge in [-0.3, -0.25) is 9.59 Å². The minimum atomic E-state index is -1.18. The minimum absolute atomic E-state index is 0. The first-order valence-electron chi connectivity index (χ1n) is 9.20. The molecule has 0 saturated carbocycles. The van der Waals surface area contributed by atoms with Crippen molar-refractivity contribution in [2.75, 3.05) is 27.7 Å². The van der Waals surface area contributed by atoms with Crippen molar-refractivity contribution in [2.24, 2.45) is 5.41 Å². The minimum Gasteiger partial charge on any atom is -1.00 e. The van der Waals surface area contributed by atoms with Crippen LogP contribution in [0.3, 0.4) is 0 Å². The van der Waals surface area contributed by atoms with E-state index in [0.29, 0.717) is 17.5 Å². The lowest BCUT2D eigenvalue weighted by molar-refractivity contribution is -0.865. The molecule has 146 valence electrons. The van der Waals surface area contributed by atoms with Crippen molar-refractivity contribution in [3.05, 3.63) is 95.6 Å². The largest absolute Gasteiger partial charge is 1.00 e. The normalized spacial score (nSPS) is 15.3. The van der Waals surface area contributed by atoms with Crippen LogP contribution >= 0.6 is 0 Å². The van der Waals surface area contributed by atoms with Gasteiger partial charge in [0.2, 0.25) is 0 Å². The second kappa shape index (κ2) is 8.68. The Hall–Kier alpha value is -2.49. The van der Waals surface area contributed by atoms with Crippen LogP contribution in [-0.4, -0.2) is 43.7 Å². The zero-order valence-corrected chi connectivity index (χ0v) is 17.3. The topological polar surface area (TPSA) is 34.1 Å². The van der Waals surface area contributed by atoms with Crippen molar-refractivity contribution < 1.29 is 26.5 Å². The number of carbonyl (C=O) groups is 2. The van der Waals surface area contributed by atoms with Crippen LogP contribution in [0.4, 0.5) is 0 Å². The monoisotopic (exact) mass is 395 g/mol. The van der Waals surface area contributed by atoms with E-state index in [2.05, 4.69) is 21.1 Å². The van der Waals surface area contributed by atoms with Crippen LogP contribution in [0, 0.1) is 5.41 Å². The SMILES string of the molecule is C[N+](C)(C)CC1=CCC(C(=O)c2ccccc2)(C(=O)c2ccccc2)C=C1.[Cl-]. The molecule has 0 radical (unpaired) electrons. The first-order chi connectivity index (χ1) is 12.8. The van der Waals surface area contributed by atoms with Gasteiger partial charge in [0.15, 0.2) is 11.6 Å². The second-order valence-corrected chi connectivity index (χ2v) is 8.13. The zero-order chi connectivity index (χ0) is 19.5. The maximum Gasteiger partial charge on any atom is 0.180 e. The Morgan fingerprint density at radius 1 is 0.857 bits per heavy atom. The molecule has 0 bridgehead atoms. The summed E-state index contributed by atoms with van der Waals surface area (Å²) >= 11 is 0. The van der Waals surface area contributed by atoms with Crippen molar-refractivity contribution >= 4 is 11.6 Å². The van der Waals surface area contributed by atoms with E-state index in [1.165, 1.54) is 0 Å². The molecule has 2 aromatic rings. The highest BCUT2D eigenvalue weighted by molar-refractivity contribution is 6.21. The summed E-state index contributed by atoms with van der Waals surface area (Å²) in [5, 5.41) is 0. The van der Waals surface area contributed by atoms with Crippen molar-refractivity contribution in [1.29, 1.82) is 0 Å². The number of hydrogen-bond donors (Lipinski definition) is 0. The van der Waals surface area contributed by atoms with Gasteiger partial charge in [0.05, 0.1) is 21.1 Å². The lowest BCUT2D eigenvalue weighted by Crippen LogP contribution is -3.00. The van der Waals surface area contributed by atoms with Gasteiger partial charge in [0, 0.05) is 16.7 Å². The predicted octanol–water partition coefficient (Wildman–Crippen LogP) is 1.34. The molecule has 1 aliphatic rings. The van der Waals surface area contributed by atoms with E-state index < -0.39 is 5.41 Å². The van der Waals surface area contributed by atoms with Gasteiger partial charge >= 0.3 is 0 Å². The molecule has 4 heteroatoms. The highest BCUT2D eigenvalue weighted by atomic mass is 35.5. The Balaban J connectivity index is 0.00000280. The molecule has 3 nitrogen and oxygen atoms in total. The van der Waals surface area contributed by atoms with Crippen LogP contribution in [-0.2, 0) is 0 Å². The molecule has 0 aromatic heterocycles. The summed E-state index contributed by atoms with van der Waals surface area (Å²) in [5.74, 6) is -0.289. The second-order valence-electron chi connectivity index (χ2n) is 8.13. The summed E-state index contributed by atoms with van der Waals surface area (Å²) in [6, 6.07) is 18.2. The van der Waals surface area contributed by atoms with E-state index >= 15 is 0 Å². The van der Waals surface area contributed by atoms with E-state index in [-0.39, 0.29) is 24.0 Å². The van der Waals surface area contributed by atoms with Gasteiger partial charge in [-0.1, -0.05) is 78.9 Å². The van der Waals surface area contributed by atoms with E-state index in [1.54, 1.807) is 24.3 Å². The van der Waals surface area contributed by atoms with Crippen LogP contribution in [0.1, 0.15) is 27.1 Å². The Morgan fingerprint density at radius 2 is 1.32 bits per heavy atom. The fraction of sp³-hybridized carbons (Fsp3) is 0.250. The first kappa shape index (κ1) is 21.8. The molecule has 3 rings (SSSR count). The van der Waals surface area contributed by atoms with Crippen LogP contribution in [0.5, 0.6) is 0 Å². The molecule has 0 amide bonds. The number of carbonyl (C=O) groups excluding carboxylic acids is 2. The average Bonchev–Trinajstić information content (AvgIpc) is 2.68. The molecule has 0 spiro atoms. The number of rotatable bonds is 6. The molecular weight excluding hydrogens is 370 g/mol. The first-order valence-corrected chi connectivity index (χ1v) is 9.20. The molecular formula is C24H26ClNO2. The third-order valence-electron chi connectivity index (χ3n) is 4.81. The van der Waals surface area contributed by atoms with Gasteiger partial charge in [-0.2, -0.15) is 0 Å². The highest BCUT2D eigenvalue weighted by Gasteiger charge is 2.44. The van der Waals surface area contributed by atoms with Gasteiger partial charge in [0.1, 0.15) is 12.0 Å². The summed E-state index contributed by atoms with van der Waals surface area (Å²) < 4.78 is 0.794. The lowest BCUT2D eigenvalue weighted by atomic mass is 9.69. The van der Waals surface area contributed by atoms with Crippen LogP contribution in [0.25, 0.3) is 0 Å². The number of likely N-dealkylation sites (N-methyl/N-ethyl adjacent to an activating group) is 1. The summed E-state index contributed by atoms with van der Waals surface area (Å²) in [6.45, 7) is 0.853. The Bertz CT molecular complexity index is 842. The van der Waals surface area contributed by atoms with E-state index in [1.807, 2.05) is 54.6 Å². The lowest BCUT2D eigenvalue weighted by Gasteiger charge is -2.31. The van der Waals surface area contributed by atoms with Crippen LogP contribution in [0.2, 0.25) is 0 Å². The number of halogens is 1. The zero-order valence-electron chi connectivity index (χ0n) is 16.6. The predicted molar refractivity (Wildman–Crippen MR) is 109 cm³/mol. The maximum atomic E-state index is 13.4. The Morgan fingerprint density at radius 3 is 1.68 bits per heavy atom. The molecule has 0 heterocycles. The number of ketones is 2. The van der Waals surface area contributed by atoms with E-state index in [4.69, 9.17) is 0 Å². The van der Waals surface area contributed by atoms with E-state index in [0.717, 1.165) is 16.6 Å². The van der Waals surface area contributed by atoms with Gasteiger partial charge in [-0.05, 0) is 6.42 Å². The van der Waals surface area contributed by atoms with Gasteiger partial charge < -0.3 is 16.9 Å². The quantitative estimate of drug-likeness (QED) is 0.420. The fourth-order valence-electron chi connectivity index (χ4n) is 3.48. The summed E-state index contributed by atoms with van der Waals surface area (Å²) in [5.41, 5.74) is 1.10.